The Morgan fingerprint density at radius 1 is 1.40 bits per heavy atom. The first kappa shape index (κ1) is 11.9. The van der Waals surface area contributed by atoms with Crippen LogP contribution in [0.15, 0.2) is 24.3 Å². The van der Waals surface area contributed by atoms with Gasteiger partial charge in [-0.25, -0.2) is 0 Å². The molecule has 0 saturated carbocycles. The summed E-state index contributed by atoms with van der Waals surface area (Å²) >= 11 is 5.38. The van der Waals surface area contributed by atoms with E-state index < -0.39 is 11.3 Å². The van der Waals surface area contributed by atoms with Crippen LogP contribution in [-0.2, 0) is 4.79 Å². The van der Waals surface area contributed by atoms with Crippen molar-refractivity contribution in [3.63, 3.8) is 0 Å². The third-order valence-electron chi connectivity index (χ3n) is 1.96. The minimum Gasteiger partial charge on any atom is -0.493 e. The number of hydrogen-bond donors (Lipinski definition) is 0. The molecule has 0 N–H and O–H groups in total. The minimum atomic E-state index is -0.622. The van der Waals surface area contributed by atoms with E-state index >= 15 is 0 Å². The van der Waals surface area contributed by atoms with E-state index in [1.165, 1.54) is 0 Å². The number of rotatable bonds is 5. The predicted molar refractivity (Wildman–Crippen MR) is 58.6 cm³/mol. The standard InChI is InChI=1S/C11H13ClO3/c1-3-8(11(12)13)15-10-7-5-4-6-9(10)14-2/h4-8H,3H2,1-2H3/t8-/m1/s1. The number of halogens is 1. The van der Waals surface area contributed by atoms with Crippen molar-refractivity contribution in [1.29, 1.82) is 0 Å². The highest BCUT2D eigenvalue weighted by molar-refractivity contribution is 6.64. The lowest BCUT2D eigenvalue weighted by atomic mass is 10.3. The lowest BCUT2D eigenvalue weighted by molar-refractivity contribution is -0.118. The topological polar surface area (TPSA) is 35.5 Å². The minimum absolute atomic E-state index is 0.497. The zero-order chi connectivity index (χ0) is 11.3. The van der Waals surface area contributed by atoms with E-state index in [2.05, 4.69) is 0 Å². The summed E-state index contributed by atoms with van der Waals surface area (Å²) < 4.78 is 10.5. The van der Waals surface area contributed by atoms with E-state index in [4.69, 9.17) is 21.1 Å². The molecule has 3 nitrogen and oxygen atoms in total. The van der Waals surface area contributed by atoms with Gasteiger partial charge in [0.1, 0.15) is 0 Å². The molecule has 0 aromatic heterocycles. The smallest absolute Gasteiger partial charge is 0.262 e. The van der Waals surface area contributed by atoms with E-state index in [1.807, 2.05) is 19.1 Å². The summed E-state index contributed by atoms with van der Waals surface area (Å²) in [6.45, 7) is 1.83. The van der Waals surface area contributed by atoms with Crippen molar-refractivity contribution in [1.82, 2.24) is 0 Å². The summed E-state index contributed by atoms with van der Waals surface area (Å²) in [7, 11) is 1.55. The van der Waals surface area contributed by atoms with Crippen LogP contribution in [0.1, 0.15) is 13.3 Å². The fraction of sp³-hybridized carbons (Fsp3) is 0.364. The van der Waals surface area contributed by atoms with Gasteiger partial charge in [0.2, 0.25) is 0 Å². The number of carbonyl (C=O) groups excluding carboxylic acids is 1. The fourth-order valence-corrected chi connectivity index (χ4v) is 1.36. The number of carbonyl (C=O) groups is 1. The molecule has 0 aliphatic heterocycles. The van der Waals surface area contributed by atoms with Crippen molar-refractivity contribution in [2.75, 3.05) is 7.11 Å². The molecule has 0 unspecified atom stereocenters. The molecule has 4 heteroatoms. The van der Waals surface area contributed by atoms with E-state index in [9.17, 15) is 4.79 Å². The highest BCUT2D eigenvalue weighted by atomic mass is 35.5. The van der Waals surface area contributed by atoms with Crippen molar-refractivity contribution >= 4 is 16.8 Å². The van der Waals surface area contributed by atoms with Crippen LogP contribution in [-0.4, -0.2) is 18.5 Å². The van der Waals surface area contributed by atoms with Gasteiger partial charge in [0.05, 0.1) is 7.11 Å². The Hall–Kier alpha value is -1.22. The maximum Gasteiger partial charge on any atom is 0.262 e. The van der Waals surface area contributed by atoms with Gasteiger partial charge in [0.15, 0.2) is 17.6 Å². The summed E-state index contributed by atoms with van der Waals surface area (Å²) in [5.74, 6) is 1.12. The molecule has 0 bridgehead atoms. The number of benzene rings is 1. The first-order chi connectivity index (χ1) is 7.19. The molecule has 82 valence electrons. The van der Waals surface area contributed by atoms with Crippen molar-refractivity contribution in [3.8, 4) is 11.5 Å². The molecule has 0 saturated heterocycles. The molecule has 0 aliphatic rings. The molecule has 15 heavy (non-hydrogen) atoms. The van der Waals surface area contributed by atoms with Crippen LogP contribution in [0, 0.1) is 0 Å². The number of ether oxygens (including phenoxy) is 2. The van der Waals surface area contributed by atoms with Gasteiger partial charge >= 0.3 is 0 Å². The molecule has 0 heterocycles. The van der Waals surface area contributed by atoms with Crippen LogP contribution in [0.25, 0.3) is 0 Å². The second kappa shape index (κ2) is 5.61. The molecule has 0 fully saturated rings. The van der Waals surface area contributed by atoms with Gasteiger partial charge < -0.3 is 9.47 Å². The van der Waals surface area contributed by atoms with Gasteiger partial charge in [-0.05, 0) is 30.2 Å². The van der Waals surface area contributed by atoms with Crippen molar-refractivity contribution in [3.05, 3.63) is 24.3 Å². The zero-order valence-electron chi connectivity index (χ0n) is 8.70. The van der Waals surface area contributed by atoms with Crippen LogP contribution < -0.4 is 9.47 Å². The average molecular weight is 229 g/mol. The number of para-hydroxylation sites is 2. The molecule has 0 amide bonds. The first-order valence-corrected chi connectivity index (χ1v) is 5.05. The Morgan fingerprint density at radius 2 is 2.00 bits per heavy atom. The third-order valence-corrected chi connectivity index (χ3v) is 2.21. The van der Waals surface area contributed by atoms with Crippen molar-refractivity contribution < 1.29 is 14.3 Å². The van der Waals surface area contributed by atoms with Crippen LogP contribution in [0.4, 0.5) is 0 Å². The Morgan fingerprint density at radius 3 is 2.47 bits per heavy atom. The van der Waals surface area contributed by atoms with Gasteiger partial charge in [-0.1, -0.05) is 19.1 Å². The third kappa shape index (κ3) is 3.13. The molecule has 1 aromatic rings. The maximum atomic E-state index is 11.0. The number of hydrogen-bond acceptors (Lipinski definition) is 3. The monoisotopic (exact) mass is 228 g/mol. The number of methoxy groups -OCH3 is 1. The summed E-state index contributed by atoms with van der Waals surface area (Å²) in [6, 6.07) is 7.14. The van der Waals surface area contributed by atoms with Crippen LogP contribution in [0.2, 0.25) is 0 Å². The highest BCUT2D eigenvalue weighted by Gasteiger charge is 2.17. The van der Waals surface area contributed by atoms with Gasteiger partial charge in [0, 0.05) is 0 Å². The largest absolute Gasteiger partial charge is 0.493 e. The van der Waals surface area contributed by atoms with E-state index in [1.54, 1.807) is 19.2 Å². The molecule has 1 atom stereocenters. The SMILES string of the molecule is CC[C@@H](Oc1ccccc1OC)C(=O)Cl. The van der Waals surface area contributed by atoms with Gasteiger partial charge in [0.25, 0.3) is 5.24 Å². The molecule has 1 aromatic carbocycles. The quantitative estimate of drug-likeness (QED) is 0.727. The second-order valence-corrected chi connectivity index (χ2v) is 3.34. The molecule has 1 rings (SSSR count). The summed E-state index contributed by atoms with van der Waals surface area (Å²) in [5, 5.41) is -0.497. The fourth-order valence-electron chi connectivity index (χ4n) is 1.16. The molecular formula is C11H13ClO3. The lowest BCUT2D eigenvalue weighted by Gasteiger charge is -2.15. The van der Waals surface area contributed by atoms with Crippen molar-refractivity contribution in [2.45, 2.75) is 19.4 Å². The van der Waals surface area contributed by atoms with Crippen LogP contribution >= 0.6 is 11.6 Å². The van der Waals surface area contributed by atoms with Gasteiger partial charge in [-0.15, -0.1) is 0 Å². The Kier molecular flexibility index (Phi) is 4.43. The molecular weight excluding hydrogens is 216 g/mol. The summed E-state index contributed by atoms with van der Waals surface area (Å²) in [6.07, 6.45) is -0.0941. The lowest BCUT2D eigenvalue weighted by Crippen LogP contribution is -2.22. The Bertz CT molecular complexity index is 338. The maximum absolute atomic E-state index is 11.0. The van der Waals surface area contributed by atoms with Gasteiger partial charge in [-0.2, -0.15) is 0 Å². The second-order valence-electron chi connectivity index (χ2n) is 2.97. The molecule has 0 radical (unpaired) electrons. The van der Waals surface area contributed by atoms with E-state index in [0.717, 1.165) is 0 Å². The van der Waals surface area contributed by atoms with E-state index in [-0.39, 0.29) is 0 Å². The molecule has 0 aliphatic carbocycles. The molecule has 0 spiro atoms. The Balaban J connectivity index is 2.82. The first-order valence-electron chi connectivity index (χ1n) is 4.68. The zero-order valence-corrected chi connectivity index (χ0v) is 9.45. The normalized spacial score (nSPS) is 11.9. The van der Waals surface area contributed by atoms with Gasteiger partial charge in [-0.3, -0.25) is 4.79 Å². The summed E-state index contributed by atoms with van der Waals surface area (Å²) in [5.41, 5.74) is 0. The van der Waals surface area contributed by atoms with Crippen LogP contribution in [0.5, 0.6) is 11.5 Å². The Labute approximate surface area is 93.9 Å². The summed E-state index contributed by atoms with van der Waals surface area (Å²) in [4.78, 5) is 11.0. The van der Waals surface area contributed by atoms with E-state index in [0.29, 0.717) is 17.9 Å². The highest BCUT2D eigenvalue weighted by Crippen LogP contribution is 2.27. The average Bonchev–Trinajstić information content (AvgIpc) is 2.25. The van der Waals surface area contributed by atoms with Crippen molar-refractivity contribution in [2.24, 2.45) is 0 Å². The van der Waals surface area contributed by atoms with Crippen LogP contribution in [0.3, 0.4) is 0 Å². The predicted octanol–water partition coefficient (Wildman–Crippen LogP) is 2.62.